The van der Waals surface area contributed by atoms with Gasteiger partial charge in [0.25, 0.3) is 0 Å². The van der Waals surface area contributed by atoms with Crippen molar-refractivity contribution in [1.29, 1.82) is 5.26 Å². The number of para-hydroxylation sites is 3. The van der Waals surface area contributed by atoms with Crippen LogP contribution in [0.3, 0.4) is 0 Å². The smallest absolute Gasteiger partial charge is 0.101 e. The number of imidazole rings is 1. The van der Waals surface area contributed by atoms with E-state index in [1.165, 1.54) is 0 Å². The Morgan fingerprint density at radius 2 is 1.94 bits per heavy atom. The minimum atomic E-state index is 0.475. The molecule has 4 nitrogen and oxygen atoms in total. The Hall–Kier alpha value is -2.80. The maximum atomic E-state index is 9.00. The Morgan fingerprint density at radius 3 is 2.78 bits per heavy atom. The molecule has 0 bridgehead atoms. The molecular formula is C14H10N4. The second kappa shape index (κ2) is 3.90. The monoisotopic (exact) mass is 234 g/mol. The third-order valence-electron chi connectivity index (χ3n) is 2.92. The second-order valence-electron chi connectivity index (χ2n) is 3.95. The first-order valence-electron chi connectivity index (χ1n) is 5.52. The topological polar surface area (TPSA) is 67.6 Å². The summed E-state index contributed by atoms with van der Waals surface area (Å²) in [6.07, 6.45) is 1.72. The summed E-state index contributed by atoms with van der Waals surface area (Å²) in [4.78, 5) is 4.32. The minimum absolute atomic E-state index is 0.475. The molecule has 0 aliphatic rings. The third kappa shape index (κ3) is 1.42. The van der Waals surface area contributed by atoms with E-state index in [9.17, 15) is 0 Å². The van der Waals surface area contributed by atoms with Gasteiger partial charge in [0.15, 0.2) is 0 Å². The number of anilines is 1. The van der Waals surface area contributed by atoms with Gasteiger partial charge in [-0.1, -0.05) is 18.2 Å². The first-order valence-corrected chi connectivity index (χ1v) is 5.52. The number of nitriles is 1. The highest BCUT2D eigenvalue weighted by Gasteiger charge is 2.09. The van der Waals surface area contributed by atoms with E-state index in [0.29, 0.717) is 11.3 Å². The Labute approximate surface area is 104 Å². The van der Waals surface area contributed by atoms with E-state index < -0.39 is 0 Å². The van der Waals surface area contributed by atoms with Crippen LogP contribution in [0.4, 0.5) is 5.69 Å². The summed E-state index contributed by atoms with van der Waals surface area (Å²) in [6, 6.07) is 15.3. The molecule has 2 aromatic carbocycles. The molecule has 86 valence electrons. The summed E-state index contributed by atoms with van der Waals surface area (Å²) in [5, 5.41) is 9.00. The molecule has 0 spiro atoms. The van der Waals surface area contributed by atoms with Gasteiger partial charge in [-0.15, -0.1) is 0 Å². The maximum Gasteiger partial charge on any atom is 0.101 e. The number of nitrogen functional groups attached to an aromatic ring is 1. The molecular weight excluding hydrogens is 224 g/mol. The van der Waals surface area contributed by atoms with Crippen molar-refractivity contribution < 1.29 is 0 Å². The van der Waals surface area contributed by atoms with E-state index in [1.54, 1.807) is 12.4 Å². The van der Waals surface area contributed by atoms with Crippen LogP contribution >= 0.6 is 0 Å². The highest BCUT2D eigenvalue weighted by atomic mass is 15.1. The first kappa shape index (κ1) is 10.4. The molecule has 18 heavy (non-hydrogen) atoms. The van der Waals surface area contributed by atoms with E-state index in [4.69, 9.17) is 11.0 Å². The van der Waals surface area contributed by atoms with Crippen LogP contribution in [0.2, 0.25) is 0 Å². The molecule has 0 fully saturated rings. The van der Waals surface area contributed by atoms with Crippen molar-refractivity contribution in [3.8, 4) is 11.8 Å². The molecule has 4 heteroatoms. The lowest BCUT2D eigenvalue weighted by Gasteiger charge is -2.08. The number of rotatable bonds is 1. The summed E-state index contributed by atoms with van der Waals surface area (Å²) >= 11 is 0. The van der Waals surface area contributed by atoms with Gasteiger partial charge in [-0.2, -0.15) is 5.26 Å². The molecule has 3 aromatic rings. The van der Waals surface area contributed by atoms with Crippen LogP contribution in [-0.2, 0) is 0 Å². The van der Waals surface area contributed by atoms with Gasteiger partial charge in [-0.05, 0) is 24.3 Å². The fraction of sp³-hybridized carbons (Fsp3) is 0. The van der Waals surface area contributed by atoms with Crippen molar-refractivity contribution in [1.82, 2.24) is 9.55 Å². The van der Waals surface area contributed by atoms with Crippen LogP contribution in [-0.4, -0.2) is 9.55 Å². The summed E-state index contributed by atoms with van der Waals surface area (Å²) in [5.74, 6) is 0. The summed E-state index contributed by atoms with van der Waals surface area (Å²) in [7, 11) is 0. The Balaban J connectivity index is 2.31. The van der Waals surface area contributed by atoms with Crippen LogP contribution < -0.4 is 5.73 Å². The van der Waals surface area contributed by atoms with Gasteiger partial charge in [0.2, 0.25) is 0 Å². The summed E-state index contributed by atoms with van der Waals surface area (Å²) in [5.41, 5.74) is 9.61. The summed E-state index contributed by atoms with van der Waals surface area (Å²) in [6.45, 7) is 0. The predicted octanol–water partition coefficient (Wildman–Crippen LogP) is 2.48. The van der Waals surface area contributed by atoms with Gasteiger partial charge in [0, 0.05) is 0 Å². The van der Waals surface area contributed by atoms with Crippen LogP contribution in [0.1, 0.15) is 5.56 Å². The SMILES string of the molecule is N#Cc1cccc(-n2cnc3ccccc32)c1N. The van der Waals surface area contributed by atoms with Crippen LogP contribution in [0.15, 0.2) is 48.8 Å². The van der Waals surface area contributed by atoms with Gasteiger partial charge in [-0.3, -0.25) is 4.57 Å². The van der Waals surface area contributed by atoms with Crippen LogP contribution in [0.25, 0.3) is 16.7 Å². The van der Waals surface area contributed by atoms with Crippen molar-refractivity contribution in [2.24, 2.45) is 0 Å². The van der Waals surface area contributed by atoms with Crippen molar-refractivity contribution in [3.63, 3.8) is 0 Å². The van der Waals surface area contributed by atoms with Crippen molar-refractivity contribution in [3.05, 3.63) is 54.4 Å². The molecule has 0 radical (unpaired) electrons. The average molecular weight is 234 g/mol. The number of hydrogen-bond acceptors (Lipinski definition) is 3. The standard InChI is InChI=1S/C14H10N4/c15-8-10-4-3-7-13(14(10)16)18-9-17-11-5-1-2-6-12(11)18/h1-7,9H,16H2. The second-order valence-corrected chi connectivity index (χ2v) is 3.95. The molecule has 1 heterocycles. The average Bonchev–Trinajstić information content (AvgIpc) is 2.83. The molecule has 0 aliphatic heterocycles. The maximum absolute atomic E-state index is 9.00. The van der Waals surface area contributed by atoms with E-state index in [2.05, 4.69) is 11.1 Å². The van der Waals surface area contributed by atoms with Crippen molar-refractivity contribution in [2.45, 2.75) is 0 Å². The van der Waals surface area contributed by atoms with Gasteiger partial charge in [-0.25, -0.2) is 4.98 Å². The predicted molar refractivity (Wildman–Crippen MR) is 70.2 cm³/mol. The van der Waals surface area contributed by atoms with Gasteiger partial charge in [0.05, 0.1) is 28.0 Å². The molecule has 0 saturated carbocycles. The zero-order valence-corrected chi connectivity index (χ0v) is 9.54. The molecule has 1 aromatic heterocycles. The Kier molecular flexibility index (Phi) is 2.24. The van der Waals surface area contributed by atoms with Gasteiger partial charge in [0.1, 0.15) is 12.4 Å². The van der Waals surface area contributed by atoms with Crippen molar-refractivity contribution in [2.75, 3.05) is 5.73 Å². The quantitative estimate of drug-likeness (QED) is 0.658. The first-order chi connectivity index (χ1) is 8.81. The molecule has 0 unspecified atom stereocenters. The molecule has 2 N–H and O–H groups in total. The zero-order chi connectivity index (χ0) is 12.5. The molecule has 0 atom stereocenters. The lowest BCUT2D eigenvalue weighted by molar-refractivity contribution is 1.09. The van der Waals surface area contributed by atoms with Gasteiger partial charge >= 0.3 is 0 Å². The number of hydrogen-bond donors (Lipinski definition) is 1. The third-order valence-corrected chi connectivity index (χ3v) is 2.92. The molecule has 0 saturated heterocycles. The number of nitrogens with two attached hydrogens (primary N) is 1. The zero-order valence-electron chi connectivity index (χ0n) is 9.54. The highest BCUT2D eigenvalue weighted by Crippen LogP contribution is 2.24. The Bertz CT molecular complexity index is 765. The van der Waals surface area contributed by atoms with Crippen LogP contribution in [0.5, 0.6) is 0 Å². The van der Waals surface area contributed by atoms with Gasteiger partial charge < -0.3 is 5.73 Å². The number of fused-ring (bicyclic) bond motifs is 1. The van der Waals surface area contributed by atoms with E-state index >= 15 is 0 Å². The number of aromatic nitrogens is 2. The number of benzene rings is 2. The van der Waals surface area contributed by atoms with Crippen molar-refractivity contribution >= 4 is 16.7 Å². The largest absolute Gasteiger partial charge is 0.396 e. The lowest BCUT2D eigenvalue weighted by Crippen LogP contribution is -2.00. The minimum Gasteiger partial charge on any atom is -0.396 e. The Morgan fingerprint density at radius 1 is 1.11 bits per heavy atom. The van der Waals surface area contributed by atoms with E-state index in [0.717, 1.165) is 16.7 Å². The fourth-order valence-corrected chi connectivity index (χ4v) is 2.01. The highest BCUT2D eigenvalue weighted by molar-refractivity contribution is 5.80. The molecule has 0 amide bonds. The fourth-order valence-electron chi connectivity index (χ4n) is 2.01. The molecule has 0 aliphatic carbocycles. The molecule has 3 rings (SSSR count). The lowest BCUT2D eigenvalue weighted by atomic mass is 10.1. The van der Waals surface area contributed by atoms with Crippen LogP contribution in [0, 0.1) is 11.3 Å². The normalized spacial score (nSPS) is 10.4. The number of nitrogens with zero attached hydrogens (tertiary/aromatic N) is 3. The van der Waals surface area contributed by atoms with E-state index in [-0.39, 0.29) is 0 Å². The summed E-state index contributed by atoms with van der Waals surface area (Å²) < 4.78 is 1.89. The van der Waals surface area contributed by atoms with E-state index in [1.807, 2.05) is 41.0 Å².